The van der Waals surface area contributed by atoms with Gasteiger partial charge >= 0.3 is 0 Å². The molecule has 0 atom stereocenters. The molecule has 0 saturated heterocycles. The van der Waals surface area contributed by atoms with Gasteiger partial charge in [0.2, 0.25) is 0 Å². The van der Waals surface area contributed by atoms with Crippen LogP contribution in [-0.2, 0) is 6.54 Å². The number of hydrogen-bond donors (Lipinski definition) is 2. The number of methoxy groups -OCH3 is 2. The molecule has 25 heavy (non-hydrogen) atoms. The van der Waals surface area contributed by atoms with Gasteiger partial charge < -0.3 is 20.1 Å². The lowest BCUT2D eigenvalue weighted by molar-refractivity contribution is -0.384. The highest BCUT2D eigenvalue weighted by Gasteiger charge is 2.08. The minimum atomic E-state index is -0.416. The van der Waals surface area contributed by atoms with Crippen LogP contribution in [0.5, 0.6) is 11.5 Å². The lowest BCUT2D eigenvalue weighted by atomic mass is 10.2. The van der Waals surface area contributed by atoms with Crippen LogP contribution in [0.4, 0.5) is 11.4 Å². The van der Waals surface area contributed by atoms with E-state index in [0.717, 1.165) is 11.3 Å². The van der Waals surface area contributed by atoms with Gasteiger partial charge in [0.1, 0.15) is 0 Å². The Labute approximate surface area is 145 Å². The van der Waals surface area contributed by atoms with Gasteiger partial charge in [-0.25, -0.2) is 0 Å². The van der Waals surface area contributed by atoms with Gasteiger partial charge in [0.05, 0.1) is 19.1 Å². The van der Waals surface area contributed by atoms with E-state index in [9.17, 15) is 10.1 Å². The number of nitrogens with zero attached hydrogens (tertiary/aromatic N) is 2. The summed E-state index contributed by atoms with van der Waals surface area (Å²) < 4.78 is 10.5. The van der Waals surface area contributed by atoms with Crippen LogP contribution >= 0.6 is 0 Å². The zero-order valence-corrected chi connectivity index (χ0v) is 14.3. The van der Waals surface area contributed by atoms with E-state index < -0.39 is 4.92 Å². The molecule has 0 aliphatic rings. The van der Waals surface area contributed by atoms with Crippen molar-refractivity contribution in [2.75, 3.05) is 26.6 Å². The van der Waals surface area contributed by atoms with Crippen molar-refractivity contribution >= 4 is 17.3 Å². The van der Waals surface area contributed by atoms with Gasteiger partial charge in [-0.15, -0.1) is 0 Å². The monoisotopic (exact) mass is 344 g/mol. The van der Waals surface area contributed by atoms with Gasteiger partial charge in [-0.05, 0) is 17.7 Å². The number of ether oxygens (including phenoxy) is 2. The Morgan fingerprint density at radius 1 is 1.16 bits per heavy atom. The van der Waals surface area contributed by atoms with Crippen LogP contribution in [0, 0.1) is 10.1 Å². The second-order valence-corrected chi connectivity index (χ2v) is 5.05. The van der Waals surface area contributed by atoms with Crippen molar-refractivity contribution < 1.29 is 14.4 Å². The molecule has 2 aromatic carbocycles. The van der Waals surface area contributed by atoms with E-state index in [-0.39, 0.29) is 5.69 Å². The maximum Gasteiger partial charge on any atom is 0.269 e. The molecule has 0 spiro atoms. The Balaban J connectivity index is 2.04. The molecule has 0 heterocycles. The molecular weight excluding hydrogens is 324 g/mol. The first-order chi connectivity index (χ1) is 12.1. The topological polar surface area (TPSA) is 98.0 Å². The minimum Gasteiger partial charge on any atom is -0.493 e. The third-order valence-electron chi connectivity index (χ3n) is 3.45. The van der Waals surface area contributed by atoms with E-state index in [1.54, 1.807) is 39.5 Å². The van der Waals surface area contributed by atoms with E-state index >= 15 is 0 Å². The number of nitro groups is 1. The van der Waals surface area contributed by atoms with Gasteiger partial charge in [-0.3, -0.25) is 15.1 Å². The van der Waals surface area contributed by atoms with Crippen molar-refractivity contribution in [2.24, 2.45) is 4.99 Å². The van der Waals surface area contributed by atoms with Crippen LogP contribution in [0.15, 0.2) is 47.5 Å². The quantitative estimate of drug-likeness (QED) is 0.362. The Kier molecular flexibility index (Phi) is 6.16. The highest BCUT2D eigenvalue weighted by molar-refractivity contribution is 5.93. The molecule has 2 N–H and O–H groups in total. The molecule has 0 saturated carbocycles. The number of anilines is 1. The van der Waals surface area contributed by atoms with Crippen LogP contribution in [0.1, 0.15) is 5.56 Å². The average molecular weight is 344 g/mol. The summed E-state index contributed by atoms with van der Waals surface area (Å²) in [5.74, 6) is 1.76. The molecule has 0 bridgehead atoms. The van der Waals surface area contributed by atoms with Crippen molar-refractivity contribution in [1.82, 2.24) is 5.32 Å². The Morgan fingerprint density at radius 2 is 1.92 bits per heavy atom. The molecule has 132 valence electrons. The van der Waals surface area contributed by atoms with Crippen molar-refractivity contribution in [1.29, 1.82) is 0 Å². The normalized spacial score (nSPS) is 10.9. The number of rotatable bonds is 6. The van der Waals surface area contributed by atoms with Crippen LogP contribution < -0.4 is 20.1 Å². The van der Waals surface area contributed by atoms with Crippen LogP contribution in [0.25, 0.3) is 0 Å². The number of nitro benzene ring substituents is 1. The third kappa shape index (κ3) is 4.84. The molecule has 0 fully saturated rings. The van der Waals surface area contributed by atoms with Crippen molar-refractivity contribution in [3.05, 3.63) is 58.1 Å². The first kappa shape index (κ1) is 18.1. The van der Waals surface area contributed by atoms with E-state index in [4.69, 9.17) is 9.47 Å². The molecule has 0 amide bonds. The predicted molar refractivity (Wildman–Crippen MR) is 96.5 cm³/mol. The number of guanidine groups is 1. The summed E-state index contributed by atoms with van der Waals surface area (Å²) in [5.41, 5.74) is 1.61. The van der Waals surface area contributed by atoms with Gasteiger partial charge in [-0.2, -0.15) is 0 Å². The van der Waals surface area contributed by atoms with Crippen molar-refractivity contribution in [2.45, 2.75) is 6.54 Å². The van der Waals surface area contributed by atoms with Crippen LogP contribution in [-0.4, -0.2) is 32.2 Å². The van der Waals surface area contributed by atoms with E-state index in [2.05, 4.69) is 15.6 Å². The minimum absolute atomic E-state index is 0.0575. The second-order valence-electron chi connectivity index (χ2n) is 5.05. The fourth-order valence-electron chi connectivity index (χ4n) is 2.20. The Morgan fingerprint density at radius 3 is 2.56 bits per heavy atom. The van der Waals surface area contributed by atoms with Crippen molar-refractivity contribution in [3.8, 4) is 11.5 Å². The standard InChI is InChI=1S/C17H20N4O4/c1-18-17(19-11-12-5-4-6-14(9-12)21(22)23)20-13-7-8-15(24-2)16(10-13)25-3/h4-10H,11H2,1-3H3,(H2,18,19,20). The zero-order valence-electron chi connectivity index (χ0n) is 14.3. The number of hydrogen-bond acceptors (Lipinski definition) is 5. The third-order valence-corrected chi connectivity index (χ3v) is 3.45. The Bertz CT molecular complexity index is 777. The molecule has 2 rings (SSSR count). The highest BCUT2D eigenvalue weighted by atomic mass is 16.6. The summed E-state index contributed by atoms with van der Waals surface area (Å²) in [6.45, 7) is 0.397. The fourth-order valence-corrected chi connectivity index (χ4v) is 2.20. The lowest BCUT2D eigenvalue weighted by Crippen LogP contribution is -2.30. The smallest absolute Gasteiger partial charge is 0.269 e. The Hall–Kier alpha value is -3.29. The average Bonchev–Trinajstić information content (AvgIpc) is 2.65. The van der Waals surface area contributed by atoms with E-state index in [1.165, 1.54) is 12.1 Å². The van der Waals surface area contributed by atoms with Crippen LogP contribution in [0.2, 0.25) is 0 Å². The summed E-state index contributed by atoms with van der Waals surface area (Å²) in [6.07, 6.45) is 0. The first-order valence-corrected chi connectivity index (χ1v) is 7.50. The second kappa shape index (κ2) is 8.53. The maximum atomic E-state index is 10.8. The van der Waals surface area contributed by atoms with Gasteiger partial charge in [0.25, 0.3) is 5.69 Å². The molecule has 2 aromatic rings. The molecule has 0 unspecified atom stereocenters. The molecular formula is C17H20N4O4. The van der Waals surface area contributed by atoms with Crippen LogP contribution in [0.3, 0.4) is 0 Å². The predicted octanol–water partition coefficient (Wildman–Crippen LogP) is 2.80. The first-order valence-electron chi connectivity index (χ1n) is 7.50. The summed E-state index contributed by atoms with van der Waals surface area (Å²) >= 11 is 0. The van der Waals surface area contributed by atoms with Gasteiger partial charge in [0.15, 0.2) is 17.5 Å². The molecule has 0 aliphatic carbocycles. The highest BCUT2D eigenvalue weighted by Crippen LogP contribution is 2.29. The number of nitrogens with one attached hydrogen (secondary N) is 2. The zero-order chi connectivity index (χ0) is 18.2. The number of aliphatic imine (C=N–C) groups is 1. The summed E-state index contributed by atoms with van der Waals surface area (Å²) in [6, 6.07) is 11.9. The number of benzene rings is 2. The number of non-ortho nitro benzene ring substituents is 1. The van der Waals surface area contributed by atoms with E-state index in [0.29, 0.717) is 24.0 Å². The molecule has 8 heteroatoms. The SMILES string of the molecule is CN=C(NCc1cccc([N+](=O)[O-])c1)Nc1ccc(OC)c(OC)c1. The maximum absolute atomic E-state index is 10.8. The van der Waals surface area contributed by atoms with Gasteiger partial charge in [-0.1, -0.05) is 12.1 Å². The van der Waals surface area contributed by atoms with Gasteiger partial charge in [0, 0.05) is 37.5 Å². The fraction of sp³-hybridized carbons (Fsp3) is 0.235. The summed E-state index contributed by atoms with van der Waals surface area (Å²) in [5, 5.41) is 17.1. The lowest BCUT2D eigenvalue weighted by Gasteiger charge is -2.14. The molecule has 8 nitrogen and oxygen atoms in total. The van der Waals surface area contributed by atoms with E-state index in [1.807, 2.05) is 12.1 Å². The van der Waals surface area contributed by atoms with Crippen molar-refractivity contribution in [3.63, 3.8) is 0 Å². The molecule has 0 aromatic heterocycles. The molecule has 0 radical (unpaired) electrons. The summed E-state index contributed by atoms with van der Waals surface area (Å²) in [4.78, 5) is 14.6. The largest absolute Gasteiger partial charge is 0.493 e. The molecule has 0 aliphatic heterocycles. The summed E-state index contributed by atoms with van der Waals surface area (Å²) in [7, 11) is 4.78.